The van der Waals surface area contributed by atoms with E-state index in [9.17, 15) is 0 Å². The molecule has 0 fully saturated rings. The van der Waals surface area contributed by atoms with Crippen LogP contribution in [-0.4, -0.2) is 11.5 Å². The third-order valence-electron chi connectivity index (χ3n) is 9.18. The molecule has 0 radical (unpaired) electrons. The van der Waals surface area contributed by atoms with Gasteiger partial charge >= 0.3 is 0 Å². The molecule has 1 aliphatic heterocycles. The Bertz CT molecular complexity index is 2280. The Morgan fingerprint density at radius 2 is 1.09 bits per heavy atom. The van der Waals surface area contributed by atoms with Crippen molar-refractivity contribution in [3.8, 4) is 33.5 Å². The first-order valence-corrected chi connectivity index (χ1v) is 16.0. The molecule has 6 aromatic carbocycles. The molecule has 8 rings (SSSR count). The minimum Gasteiger partial charge on any atom is -0.687 e. The Kier molecular flexibility index (Phi) is 6.80. The number of hydrogen-bond acceptors (Lipinski definition) is 1. The highest BCUT2D eigenvalue weighted by atomic mass is 14.8. The van der Waals surface area contributed by atoms with Gasteiger partial charge in [-0.15, -0.1) is 12.6 Å². The van der Waals surface area contributed by atoms with Gasteiger partial charge in [-0.25, -0.2) is 4.98 Å². The van der Waals surface area contributed by atoms with E-state index in [2.05, 4.69) is 166 Å². The van der Waals surface area contributed by atoms with Crippen LogP contribution < -0.4 is 0 Å². The fourth-order valence-electron chi connectivity index (χ4n) is 6.79. The lowest BCUT2D eigenvalue weighted by molar-refractivity contribution is 0.590. The van der Waals surface area contributed by atoms with Gasteiger partial charge < -0.3 is 5.32 Å². The van der Waals surface area contributed by atoms with Crippen LogP contribution >= 0.6 is 0 Å². The largest absolute Gasteiger partial charge is 0.687 e. The van der Waals surface area contributed by atoms with E-state index in [0.29, 0.717) is 0 Å². The fraction of sp³-hybridized carbons (Fsp3) is 0.114. The van der Waals surface area contributed by atoms with Gasteiger partial charge in [-0.05, 0) is 95.4 Å². The van der Waals surface area contributed by atoms with Crippen LogP contribution in [0.25, 0.3) is 76.7 Å². The van der Waals surface area contributed by atoms with Crippen molar-refractivity contribution in [2.75, 3.05) is 6.54 Å². The van der Waals surface area contributed by atoms with Crippen LogP contribution in [0.4, 0.5) is 0 Å². The molecule has 0 atom stereocenters. The summed E-state index contributed by atoms with van der Waals surface area (Å²) >= 11 is 0. The normalized spacial score (nSPS) is 13.2. The smallest absolute Gasteiger partial charge is 0.0709 e. The number of rotatable bonds is 4. The van der Waals surface area contributed by atoms with Gasteiger partial charge in [0.2, 0.25) is 0 Å². The SMILES string of the molecule is CC(C)(C)c1ccc(-c2c3ccccc3c(-c3ccc4cc(-c5cccc(C6=C[N-]CC=C6)n5)ccc4c3)c3ccccc23)cc1. The van der Waals surface area contributed by atoms with E-state index < -0.39 is 0 Å². The number of fused-ring (bicyclic) bond motifs is 3. The first kappa shape index (κ1) is 28.0. The summed E-state index contributed by atoms with van der Waals surface area (Å²) in [7, 11) is 0. The second-order valence-electron chi connectivity index (χ2n) is 13.2. The molecule has 0 amide bonds. The van der Waals surface area contributed by atoms with Crippen LogP contribution in [0, 0.1) is 0 Å². The summed E-state index contributed by atoms with van der Waals surface area (Å²) in [5.74, 6) is 0. The predicted molar refractivity (Wildman–Crippen MR) is 197 cm³/mol. The van der Waals surface area contributed by atoms with Crippen LogP contribution in [0.15, 0.2) is 146 Å². The maximum atomic E-state index is 4.98. The van der Waals surface area contributed by atoms with E-state index in [1.807, 2.05) is 6.20 Å². The minimum absolute atomic E-state index is 0.116. The summed E-state index contributed by atoms with van der Waals surface area (Å²) in [5, 5.41) is 11.9. The van der Waals surface area contributed by atoms with Crippen molar-refractivity contribution in [1.82, 2.24) is 4.98 Å². The van der Waals surface area contributed by atoms with E-state index in [-0.39, 0.29) is 5.41 Å². The third-order valence-corrected chi connectivity index (χ3v) is 9.18. The van der Waals surface area contributed by atoms with Gasteiger partial charge in [-0.3, -0.25) is 0 Å². The Labute approximate surface area is 270 Å². The molecule has 0 spiro atoms. The second-order valence-corrected chi connectivity index (χ2v) is 13.2. The summed E-state index contributed by atoms with van der Waals surface area (Å²) in [6.07, 6.45) is 6.09. The maximum absolute atomic E-state index is 4.98. The van der Waals surface area contributed by atoms with Gasteiger partial charge in [0.1, 0.15) is 0 Å². The standard InChI is InChI=1S/C44H35N2/c1-44(2,3)35-23-21-29(22-24-35)42-36-11-4-6-13-38(36)43(39-14-7-5-12-37(39)42)33-20-18-30-26-32(19-17-31(30)27-33)40-15-8-16-41(46-40)34-10-9-25-45-28-34/h4-24,26-28H,25H2,1-3H3/q-1. The van der Waals surface area contributed by atoms with Crippen LogP contribution in [0.2, 0.25) is 0 Å². The predicted octanol–water partition coefficient (Wildman–Crippen LogP) is 12.1. The molecule has 0 saturated heterocycles. The van der Waals surface area contributed by atoms with E-state index in [1.54, 1.807) is 0 Å². The first-order valence-electron chi connectivity index (χ1n) is 16.0. The molecule has 2 nitrogen and oxygen atoms in total. The third kappa shape index (κ3) is 4.97. The monoisotopic (exact) mass is 591 g/mol. The van der Waals surface area contributed by atoms with Gasteiger partial charge in [0, 0.05) is 5.56 Å². The Morgan fingerprint density at radius 3 is 1.67 bits per heavy atom. The summed E-state index contributed by atoms with van der Waals surface area (Å²) in [6.45, 7) is 7.54. The summed E-state index contributed by atoms with van der Waals surface area (Å²) in [5.41, 5.74) is 10.6. The molecule has 0 bridgehead atoms. The quantitative estimate of drug-likeness (QED) is 0.187. The van der Waals surface area contributed by atoms with Crippen LogP contribution in [0.1, 0.15) is 32.0 Å². The fourth-order valence-corrected chi connectivity index (χ4v) is 6.79. The van der Waals surface area contributed by atoms with Crippen molar-refractivity contribution in [1.29, 1.82) is 0 Å². The zero-order valence-electron chi connectivity index (χ0n) is 26.5. The lowest BCUT2D eigenvalue weighted by Crippen LogP contribution is -2.10. The summed E-state index contributed by atoms with van der Waals surface area (Å²) in [6, 6.07) is 46.7. The maximum Gasteiger partial charge on any atom is 0.0709 e. The molecule has 0 aliphatic carbocycles. The molecule has 1 aromatic heterocycles. The number of hydrogen-bond donors (Lipinski definition) is 0. The molecule has 222 valence electrons. The average Bonchev–Trinajstić information content (AvgIpc) is 3.10. The van der Waals surface area contributed by atoms with Crippen molar-refractivity contribution in [2.45, 2.75) is 26.2 Å². The van der Waals surface area contributed by atoms with Crippen molar-refractivity contribution in [3.05, 3.63) is 162 Å². The van der Waals surface area contributed by atoms with E-state index in [4.69, 9.17) is 4.98 Å². The van der Waals surface area contributed by atoms with Crippen molar-refractivity contribution < 1.29 is 0 Å². The van der Waals surface area contributed by atoms with Crippen LogP contribution in [0.3, 0.4) is 0 Å². The minimum atomic E-state index is 0.116. The molecule has 1 aliphatic rings. The molecule has 0 N–H and O–H groups in total. The lowest BCUT2D eigenvalue weighted by atomic mass is 9.83. The van der Waals surface area contributed by atoms with Crippen molar-refractivity contribution >= 4 is 37.9 Å². The van der Waals surface area contributed by atoms with Gasteiger partial charge in [0.05, 0.1) is 11.4 Å². The van der Waals surface area contributed by atoms with Crippen LogP contribution in [0.5, 0.6) is 0 Å². The summed E-state index contributed by atoms with van der Waals surface area (Å²) < 4.78 is 0. The zero-order chi connectivity index (χ0) is 31.3. The molecule has 46 heavy (non-hydrogen) atoms. The van der Waals surface area contributed by atoms with E-state index in [0.717, 1.165) is 29.1 Å². The molecule has 0 unspecified atom stereocenters. The summed E-state index contributed by atoms with van der Waals surface area (Å²) in [4.78, 5) is 4.98. The number of aromatic nitrogens is 1. The van der Waals surface area contributed by atoms with Gasteiger partial charge in [-0.1, -0.05) is 130 Å². The van der Waals surface area contributed by atoms with Crippen molar-refractivity contribution in [2.24, 2.45) is 0 Å². The Balaban J connectivity index is 1.25. The van der Waals surface area contributed by atoms with Crippen molar-refractivity contribution in [3.63, 3.8) is 0 Å². The lowest BCUT2D eigenvalue weighted by Gasteiger charge is -2.21. The molecule has 7 aromatic rings. The highest BCUT2D eigenvalue weighted by Crippen LogP contribution is 2.44. The highest BCUT2D eigenvalue weighted by molar-refractivity contribution is 6.21. The molecular formula is C44H35N2-. The second kappa shape index (κ2) is 11.2. The molecule has 2 heteroatoms. The van der Waals surface area contributed by atoms with Crippen LogP contribution in [-0.2, 0) is 5.41 Å². The Hall–Kier alpha value is -5.47. The van der Waals surface area contributed by atoms with Gasteiger partial charge in [0.15, 0.2) is 0 Å². The number of pyridine rings is 1. The number of benzene rings is 6. The topological polar surface area (TPSA) is 27.0 Å². The van der Waals surface area contributed by atoms with Gasteiger partial charge in [0.25, 0.3) is 0 Å². The zero-order valence-corrected chi connectivity index (χ0v) is 26.5. The highest BCUT2D eigenvalue weighted by Gasteiger charge is 2.18. The van der Waals surface area contributed by atoms with E-state index in [1.165, 1.54) is 60.1 Å². The number of nitrogens with zero attached hydrogens (tertiary/aromatic N) is 2. The Morgan fingerprint density at radius 1 is 0.543 bits per heavy atom. The average molecular weight is 592 g/mol. The molecular weight excluding hydrogens is 556 g/mol. The number of allylic oxidation sites excluding steroid dienone is 2. The molecule has 2 heterocycles. The first-order chi connectivity index (χ1) is 22.4. The van der Waals surface area contributed by atoms with E-state index >= 15 is 0 Å². The van der Waals surface area contributed by atoms with Gasteiger partial charge in [-0.2, -0.15) is 6.20 Å². The molecule has 0 saturated carbocycles.